The van der Waals surface area contributed by atoms with Crippen LogP contribution in [0.2, 0.25) is 0 Å². The van der Waals surface area contributed by atoms with Crippen molar-refractivity contribution < 1.29 is 158 Å². The number of hydrogen-bond donors (Lipinski definition) is 0. The van der Waals surface area contributed by atoms with Gasteiger partial charge in [0.1, 0.15) is 0 Å². The standard InChI is InChI=1S/3C4H4O4.2Eu/c3*5-3(6)1-2-4(7)8;;/h3*1-2H,(H,5,6)(H,7,8);;/q;;;2*+3/p-6/b3*2-1+;;. The Kier molecular flexibility index (Phi) is 33.7. The summed E-state index contributed by atoms with van der Waals surface area (Å²) in [5.74, 6) is -9.28. The van der Waals surface area contributed by atoms with Crippen molar-refractivity contribution in [3.63, 3.8) is 0 Å². The van der Waals surface area contributed by atoms with Gasteiger partial charge in [0.15, 0.2) is 0 Å². The SMILES string of the molecule is O=C([O-])/C=C/C(=O)[O-].O=C([O-])/C=C/C(=O)[O-].O=C([O-])/C=C/C(=O)[O-].[Eu+3].[Eu+3]. The van der Waals surface area contributed by atoms with E-state index >= 15 is 0 Å². The van der Waals surface area contributed by atoms with E-state index in [9.17, 15) is 59.4 Å². The van der Waals surface area contributed by atoms with Crippen LogP contribution < -0.4 is 30.6 Å². The molecule has 0 saturated heterocycles. The van der Waals surface area contributed by atoms with Crippen LogP contribution in [-0.2, 0) is 28.8 Å². The van der Waals surface area contributed by atoms with E-state index in [4.69, 9.17) is 0 Å². The van der Waals surface area contributed by atoms with Crippen LogP contribution >= 0.6 is 0 Å². The number of hydrogen-bond acceptors (Lipinski definition) is 12. The Hall–Kier alpha value is -0.791. The largest absolute Gasteiger partial charge is 3.00 e. The Morgan fingerprint density at radius 2 is 0.423 bits per heavy atom. The molecule has 0 saturated carbocycles. The first-order valence-corrected chi connectivity index (χ1v) is 5.18. The van der Waals surface area contributed by atoms with Gasteiger partial charge in [-0.15, -0.1) is 0 Å². The molecule has 0 aromatic heterocycles. The smallest absolute Gasteiger partial charge is 0.545 e. The summed E-state index contributed by atoms with van der Waals surface area (Å²) in [7, 11) is 0. The van der Waals surface area contributed by atoms with Gasteiger partial charge in [-0.1, -0.05) is 0 Å². The molecule has 0 aliphatic rings. The summed E-state index contributed by atoms with van der Waals surface area (Å²) in [6, 6.07) is 0. The molecule has 0 heterocycles. The molecule has 0 aromatic carbocycles. The van der Waals surface area contributed by atoms with Crippen LogP contribution in [0.15, 0.2) is 36.5 Å². The van der Waals surface area contributed by atoms with E-state index in [2.05, 4.69) is 0 Å². The van der Waals surface area contributed by atoms with E-state index in [0.29, 0.717) is 36.5 Å². The van der Waals surface area contributed by atoms with Crippen LogP contribution in [0.1, 0.15) is 0 Å². The second kappa shape index (κ2) is 24.2. The Labute approximate surface area is 227 Å². The molecule has 0 spiro atoms. The zero-order valence-corrected chi connectivity index (χ0v) is 17.0. The zero-order chi connectivity index (χ0) is 19.7. The minimum absolute atomic E-state index is 0. The van der Waals surface area contributed by atoms with E-state index in [0.717, 1.165) is 0 Å². The maximum absolute atomic E-state index is 9.41. The molecule has 0 N–H and O–H groups in total. The summed E-state index contributed by atoms with van der Waals surface area (Å²) in [6.45, 7) is 0. The first-order valence-electron chi connectivity index (χ1n) is 5.18. The van der Waals surface area contributed by atoms with Crippen molar-refractivity contribution in [1.82, 2.24) is 0 Å². The molecule has 0 aromatic rings. The van der Waals surface area contributed by atoms with E-state index in [-0.39, 0.29) is 98.8 Å². The molecule has 0 fully saturated rings. The predicted octanol–water partition coefficient (Wildman–Crippen LogP) is -8.87. The van der Waals surface area contributed by atoms with Crippen LogP contribution in [0.25, 0.3) is 0 Å². The van der Waals surface area contributed by atoms with Crippen molar-refractivity contribution in [3.8, 4) is 0 Å². The molecule has 140 valence electrons. The molecular weight excluding hydrogens is 640 g/mol. The van der Waals surface area contributed by atoms with E-state index < -0.39 is 35.8 Å². The summed E-state index contributed by atoms with van der Waals surface area (Å²) in [6.07, 6.45) is 2.31. The second-order valence-corrected chi connectivity index (χ2v) is 2.91. The molecular formula is C12H6Eu2O12. The Morgan fingerprint density at radius 3 is 0.462 bits per heavy atom. The number of aliphatic carboxylic acids is 6. The average molecular weight is 646 g/mol. The fraction of sp³-hybridized carbons (Fsp3) is 0. The number of rotatable bonds is 6. The van der Waals surface area contributed by atoms with Crippen LogP contribution in [0, 0.1) is 98.8 Å². The van der Waals surface area contributed by atoms with Gasteiger partial charge in [-0.3, -0.25) is 0 Å². The van der Waals surface area contributed by atoms with Gasteiger partial charge in [0.2, 0.25) is 0 Å². The predicted molar refractivity (Wildman–Crippen MR) is 57.5 cm³/mol. The van der Waals surface area contributed by atoms with Gasteiger partial charge in [0, 0.05) is 0 Å². The molecule has 0 amide bonds. The topological polar surface area (TPSA) is 241 Å². The van der Waals surface area contributed by atoms with E-state index in [1.54, 1.807) is 0 Å². The monoisotopic (exact) mass is 648 g/mol. The van der Waals surface area contributed by atoms with Gasteiger partial charge in [0.05, 0.1) is 35.8 Å². The number of carboxylic acids is 6. The third-order valence-electron chi connectivity index (χ3n) is 1.07. The number of carboxylic acid groups (broad SMARTS) is 6. The average Bonchev–Trinajstić information content (AvgIpc) is 2.42. The summed E-state index contributed by atoms with van der Waals surface area (Å²) in [5.41, 5.74) is 0. The first-order chi connectivity index (χ1) is 10.9. The molecule has 0 atom stereocenters. The summed E-state index contributed by atoms with van der Waals surface area (Å²) >= 11 is 0. The van der Waals surface area contributed by atoms with Gasteiger partial charge < -0.3 is 59.4 Å². The number of carbonyl (C=O) groups excluding carboxylic acids is 6. The summed E-state index contributed by atoms with van der Waals surface area (Å²) in [5, 5.41) is 56.5. The molecule has 0 rings (SSSR count). The molecule has 12 nitrogen and oxygen atoms in total. The molecule has 0 unspecified atom stereocenters. The minimum Gasteiger partial charge on any atom is -0.545 e. The van der Waals surface area contributed by atoms with Crippen LogP contribution in [0.4, 0.5) is 0 Å². The van der Waals surface area contributed by atoms with Crippen LogP contribution in [0.5, 0.6) is 0 Å². The Morgan fingerprint density at radius 1 is 0.346 bits per heavy atom. The molecule has 0 radical (unpaired) electrons. The van der Waals surface area contributed by atoms with Gasteiger partial charge in [0.25, 0.3) is 0 Å². The van der Waals surface area contributed by atoms with Gasteiger partial charge in [-0.25, -0.2) is 0 Å². The first kappa shape index (κ1) is 36.2. The maximum atomic E-state index is 9.41. The van der Waals surface area contributed by atoms with E-state index in [1.807, 2.05) is 0 Å². The van der Waals surface area contributed by atoms with Crippen molar-refractivity contribution in [2.75, 3.05) is 0 Å². The Bertz CT molecular complexity index is 448. The maximum Gasteiger partial charge on any atom is 3.00 e. The normalized spacial score (nSPS) is 8.77. The minimum atomic E-state index is -1.55. The zero-order valence-electron chi connectivity index (χ0n) is 12.1. The van der Waals surface area contributed by atoms with E-state index in [1.165, 1.54) is 0 Å². The third kappa shape index (κ3) is 56.7. The van der Waals surface area contributed by atoms with Crippen molar-refractivity contribution in [3.05, 3.63) is 36.5 Å². The Balaban J connectivity index is -0.0000000817. The summed E-state index contributed by atoms with van der Waals surface area (Å²) in [4.78, 5) is 56.5. The fourth-order valence-electron chi connectivity index (χ4n) is 0.408. The molecule has 0 aliphatic carbocycles. The van der Waals surface area contributed by atoms with Crippen LogP contribution in [-0.4, -0.2) is 35.8 Å². The van der Waals surface area contributed by atoms with Crippen LogP contribution in [0.3, 0.4) is 0 Å². The van der Waals surface area contributed by atoms with Gasteiger partial charge >= 0.3 is 98.8 Å². The van der Waals surface area contributed by atoms with Gasteiger partial charge in [-0.05, 0) is 36.5 Å². The van der Waals surface area contributed by atoms with Crippen molar-refractivity contribution >= 4 is 35.8 Å². The molecule has 14 heteroatoms. The second-order valence-electron chi connectivity index (χ2n) is 2.91. The van der Waals surface area contributed by atoms with Gasteiger partial charge in [-0.2, -0.15) is 0 Å². The van der Waals surface area contributed by atoms with Crippen molar-refractivity contribution in [2.24, 2.45) is 0 Å². The van der Waals surface area contributed by atoms with Crippen molar-refractivity contribution in [2.45, 2.75) is 0 Å². The molecule has 26 heavy (non-hydrogen) atoms. The van der Waals surface area contributed by atoms with Crippen molar-refractivity contribution in [1.29, 1.82) is 0 Å². The fourth-order valence-corrected chi connectivity index (χ4v) is 0.408. The molecule has 0 aliphatic heterocycles. The molecule has 0 bridgehead atoms. The third-order valence-corrected chi connectivity index (χ3v) is 1.07. The number of carbonyl (C=O) groups is 6. The quantitative estimate of drug-likeness (QED) is 0.245. The summed E-state index contributed by atoms with van der Waals surface area (Å²) < 4.78 is 0.